The fraction of sp³-hybridized carbons (Fsp3) is 0.600. The van der Waals surface area contributed by atoms with Crippen molar-refractivity contribution in [2.45, 2.75) is 32.4 Å². The smallest absolute Gasteiger partial charge is 0.408 e. The summed E-state index contributed by atoms with van der Waals surface area (Å²) in [6.45, 7) is 7.26. The van der Waals surface area contributed by atoms with Crippen molar-refractivity contribution >= 4 is 21.9 Å². The zero-order chi connectivity index (χ0) is 22.4. The van der Waals surface area contributed by atoms with Gasteiger partial charge in [0.05, 0.1) is 18.6 Å². The fourth-order valence-electron chi connectivity index (χ4n) is 2.84. The number of amides is 1. The molecule has 1 saturated heterocycles. The summed E-state index contributed by atoms with van der Waals surface area (Å²) in [5.41, 5.74) is -0.164. The van der Waals surface area contributed by atoms with Gasteiger partial charge in [-0.25, -0.2) is 18.0 Å². The van der Waals surface area contributed by atoms with Gasteiger partial charge in [-0.1, -0.05) is 12.1 Å². The number of ether oxygens (including phenoxy) is 3. The quantitative estimate of drug-likeness (QED) is 0.633. The molecule has 10 heteroatoms. The Kier molecular flexibility index (Phi) is 8.08. The summed E-state index contributed by atoms with van der Waals surface area (Å²) < 4.78 is 38.6. The van der Waals surface area contributed by atoms with Crippen LogP contribution in [0.1, 0.15) is 32.4 Å². The van der Waals surface area contributed by atoms with E-state index in [1.165, 1.54) is 7.11 Å². The SMILES string of the molecule is COC(=O)[C@@H](NC(=O)OC(C)(C)C)c1ccc(OCCN2CCS(=O)(=O)CC2)cc1. The molecule has 1 aromatic carbocycles. The minimum atomic E-state index is -2.89. The number of carbonyl (C=O) groups excluding carboxylic acids is 2. The highest BCUT2D eigenvalue weighted by atomic mass is 32.2. The van der Waals surface area contributed by atoms with E-state index in [0.717, 1.165) is 0 Å². The first-order chi connectivity index (χ1) is 14.0. The Labute approximate surface area is 177 Å². The lowest BCUT2D eigenvalue weighted by molar-refractivity contribution is -0.143. The van der Waals surface area contributed by atoms with E-state index in [1.807, 2.05) is 4.90 Å². The summed E-state index contributed by atoms with van der Waals surface area (Å²) in [7, 11) is -1.65. The van der Waals surface area contributed by atoms with Gasteiger partial charge in [-0.15, -0.1) is 0 Å². The minimum absolute atomic E-state index is 0.182. The molecule has 1 aromatic rings. The van der Waals surface area contributed by atoms with E-state index in [2.05, 4.69) is 5.32 Å². The second-order valence-corrected chi connectivity index (χ2v) is 10.3. The number of nitrogens with zero attached hydrogens (tertiary/aromatic N) is 1. The molecule has 1 heterocycles. The Bertz CT molecular complexity index is 818. The van der Waals surface area contributed by atoms with Gasteiger partial charge >= 0.3 is 12.1 Å². The number of carbonyl (C=O) groups is 2. The molecule has 0 spiro atoms. The second-order valence-electron chi connectivity index (χ2n) is 8.01. The minimum Gasteiger partial charge on any atom is -0.492 e. The van der Waals surface area contributed by atoms with Gasteiger partial charge in [-0.05, 0) is 38.5 Å². The van der Waals surface area contributed by atoms with Crippen molar-refractivity contribution in [2.75, 3.05) is 44.9 Å². The number of hydrogen-bond acceptors (Lipinski definition) is 8. The van der Waals surface area contributed by atoms with E-state index < -0.39 is 33.5 Å². The average Bonchev–Trinajstić information content (AvgIpc) is 2.66. The number of esters is 1. The Morgan fingerprint density at radius 2 is 1.73 bits per heavy atom. The Morgan fingerprint density at radius 3 is 2.27 bits per heavy atom. The van der Waals surface area contributed by atoms with Gasteiger partial charge in [-0.2, -0.15) is 0 Å². The first-order valence-electron chi connectivity index (χ1n) is 9.72. The molecule has 0 aliphatic carbocycles. The molecule has 168 valence electrons. The first kappa shape index (κ1) is 23.9. The van der Waals surface area contributed by atoms with Crippen LogP contribution in [0.5, 0.6) is 5.75 Å². The van der Waals surface area contributed by atoms with E-state index in [1.54, 1.807) is 45.0 Å². The summed E-state index contributed by atoms with van der Waals surface area (Å²) >= 11 is 0. The van der Waals surface area contributed by atoms with Crippen molar-refractivity contribution in [3.63, 3.8) is 0 Å². The van der Waals surface area contributed by atoms with Crippen molar-refractivity contribution in [2.24, 2.45) is 0 Å². The van der Waals surface area contributed by atoms with E-state index in [9.17, 15) is 18.0 Å². The third-order valence-corrected chi connectivity index (χ3v) is 6.03. The highest BCUT2D eigenvalue weighted by molar-refractivity contribution is 7.91. The molecular formula is C20H30N2O7S. The number of rotatable bonds is 7. The van der Waals surface area contributed by atoms with E-state index in [0.29, 0.717) is 37.6 Å². The van der Waals surface area contributed by atoms with Crippen LogP contribution < -0.4 is 10.1 Å². The van der Waals surface area contributed by atoms with Gasteiger partial charge in [0.2, 0.25) is 0 Å². The van der Waals surface area contributed by atoms with Crippen LogP contribution in [-0.4, -0.2) is 75.8 Å². The number of sulfone groups is 1. The van der Waals surface area contributed by atoms with Crippen molar-refractivity contribution < 1.29 is 32.2 Å². The first-order valence-corrected chi connectivity index (χ1v) is 11.5. The maximum Gasteiger partial charge on any atom is 0.408 e. The van der Waals surface area contributed by atoms with Gasteiger partial charge in [0.1, 0.15) is 18.0 Å². The predicted octanol–water partition coefficient (Wildman–Crippen LogP) is 1.53. The molecule has 1 atom stereocenters. The highest BCUT2D eigenvalue weighted by Gasteiger charge is 2.26. The molecule has 30 heavy (non-hydrogen) atoms. The monoisotopic (exact) mass is 442 g/mol. The topological polar surface area (TPSA) is 111 Å². The van der Waals surface area contributed by atoms with E-state index in [4.69, 9.17) is 14.2 Å². The Morgan fingerprint density at radius 1 is 1.13 bits per heavy atom. The van der Waals surface area contributed by atoms with Crippen molar-refractivity contribution in [1.29, 1.82) is 0 Å². The molecule has 0 unspecified atom stereocenters. The van der Waals surface area contributed by atoms with Gasteiger partial charge in [0, 0.05) is 19.6 Å². The van der Waals surface area contributed by atoms with Crippen LogP contribution in [-0.2, 0) is 24.1 Å². The third kappa shape index (κ3) is 7.83. The number of methoxy groups -OCH3 is 1. The molecule has 0 bridgehead atoms. The predicted molar refractivity (Wildman–Crippen MR) is 111 cm³/mol. The van der Waals surface area contributed by atoms with Gasteiger partial charge in [0.15, 0.2) is 15.9 Å². The lowest BCUT2D eigenvalue weighted by Crippen LogP contribution is -2.42. The average molecular weight is 443 g/mol. The van der Waals surface area contributed by atoms with E-state index in [-0.39, 0.29) is 11.5 Å². The molecule has 1 aliphatic rings. The highest BCUT2D eigenvalue weighted by Crippen LogP contribution is 2.20. The standard InChI is InChI=1S/C20H30N2O7S/c1-20(2,3)29-19(24)21-17(18(23)27-4)15-5-7-16(8-6-15)28-12-9-22-10-13-30(25,26)14-11-22/h5-8,17H,9-14H2,1-4H3,(H,21,24)/t17-/m0/s1. The molecular weight excluding hydrogens is 412 g/mol. The summed E-state index contributed by atoms with van der Waals surface area (Å²) in [6, 6.07) is 5.73. The van der Waals surface area contributed by atoms with Crippen molar-refractivity contribution in [3.05, 3.63) is 29.8 Å². The maximum absolute atomic E-state index is 12.1. The van der Waals surface area contributed by atoms with Crippen LogP contribution in [0.2, 0.25) is 0 Å². The van der Waals surface area contributed by atoms with Crippen LogP contribution >= 0.6 is 0 Å². The summed E-state index contributed by atoms with van der Waals surface area (Å²) in [5.74, 6) is 0.349. The Balaban J connectivity index is 1.91. The Hall–Kier alpha value is -2.33. The van der Waals surface area contributed by atoms with Crippen LogP contribution in [0.4, 0.5) is 4.79 Å². The molecule has 1 aliphatic heterocycles. The normalized spacial score (nSPS) is 17.6. The van der Waals surface area contributed by atoms with Crippen LogP contribution in [0.15, 0.2) is 24.3 Å². The fourth-order valence-corrected chi connectivity index (χ4v) is 4.12. The van der Waals surface area contributed by atoms with Crippen molar-refractivity contribution in [3.8, 4) is 5.75 Å². The number of nitrogens with one attached hydrogen (secondary N) is 1. The summed E-state index contributed by atoms with van der Waals surface area (Å²) in [6.07, 6.45) is -0.721. The van der Waals surface area contributed by atoms with E-state index >= 15 is 0 Å². The summed E-state index contributed by atoms with van der Waals surface area (Å²) in [4.78, 5) is 26.2. The lowest BCUT2D eigenvalue weighted by Gasteiger charge is -2.26. The molecule has 1 N–H and O–H groups in total. The van der Waals surface area contributed by atoms with Crippen LogP contribution in [0.3, 0.4) is 0 Å². The summed E-state index contributed by atoms with van der Waals surface area (Å²) in [5, 5.41) is 2.52. The number of alkyl carbamates (subject to hydrolysis) is 1. The van der Waals surface area contributed by atoms with Gasteiger partial charge in [0.25, 0.3) is 0 Å². The molecule has 0 saturated carbocycles. The zero-order valence-electron chi connectivity index (χ0n) is 17.8. The van der Waals surface area contributed by atoms with Gasteiger partial charge < -0.3 is 19.5 Å². The third-order valence-electron chi connectivity index (χ3n) is 4.42. The maximum atomic E-state index is 12.1. The zero-order valence-corrected chi connectivity index (χ0v) is 18.7. The second kappa shape index (κ2) is 10.1. The van der Waals surface area contributed by atoms with Crippen LogP contribution in [0, 0.1) is 0 Å². The molecule has 1 amide bonds. The lowest BCUT2D eigenvalue weighted by atomic mass is 10.1. The molecule has 0 aromatic heterocycles. The van der Waals surface area contributed by atoms with Gasteiger partial charge in [-0.3, -0.25) is 4.90 Å². The number of hydrogen-bond donors (Lipinski definition) is 1. The van der Waals surface area contributed by atoms with Crippen LogP contribution in [0.25, 0.3) is 0 Å². The molecule has 2 rings (SSSR count). The molecule has 1 fully saturated rings. The largest absolute Gasteiger partial charge is 0.492 e. The van der Waals surface area contributed by atoms with Crippen molar-refractivity contribution in [1.82, 2.24) is 10.2 Å². The molecule has 0 radical (unpaired) electrons. The number of benzene rings is 1. The molecule has 9 nitrogen and oxygen atoms in total.